The second kappa shape index (κ2) is 4.43. The Hall–Kier alpha value is -1.71. The van der Waals surface area contributed by atoms with Gasteiger partial charge in [-0.1, -0.05) is 0 Å². The summed E-state index contributed by atoms with van der Waals surface area (Å²) in [7, 11) is 0. The van der Waals surface area contributed by atoms with Crippen molar-refractivity contribution in [2.24, 2.45) is 5.41 Å². The number of pyridine rings is 1. The highest BCUT2D eigenvalue weighted by Crippen LogP contribution is 2.21. The third-order valence-corrected chi connectivity index (χ3v) is 1.92. The molecule has 0 unspecified atom stereocenters. The fraction of sp³-hybridized carbons (Fsp3) is 0.417. The lowest BCUT2D eigenvalue weighted by atomic mass is 9.97. The molecular formula is C12H15NO3. The van der Waals surface area contributed by atoms with E-state index in [-0.39, 0.29) is 23.2 Å². The fourth-order valence-corrected chi connectivity index (χ4v) is 0.990. The summed E-state index contributed by atoms with van der Waals surface area (Å²) < 4.78 is 5.15. The summed E-state index contributed by atoms with van der Waals surface area (Å²) in [6.07, 6.45) is 1.49. The molecule has 0 saturated heterocycles. The molecule has 4 nitrogen and oxygen atoms in total. The van der Waals surface area contributed by atoms with Crippen LogP contribution in [0.2, 0.25) is 0 Å². The van der Waals surface area contributed by atoms with Crippen LogP contribution in [0.25, 0.3) is 0 Å². The normalized spacial score (nSPS) is 11.0. The van der Waals surface area contributed by atoms with Gasteiger partial charge < -0.3 is 4.74 Å². The van der Waals surface area contributed by atoms with E-state index >= 15 is 0 Å². The molecule has 0 saturated carbocycles. The zero-order valence-corrected chi connectivity index (χ0v) is 9.90. The number of Topliss-reactive ketones (excluding diaryl/α,β-unsaturated/α-hetero) is 1. The molecule has 1 heterocycles. The topological polar surface area (TPSA) is 56.3 Å². The summed E-state index contributed by atoms with van der Waals surface area (Å²) in [5.41, 5.74) is -0.427. The van der Waals surface area contributed by atoms with Crippen LogP contribution in [0.5, 0.6) is 5.75 Å². The smallest absolute Gasteiger partial charge is 0.316 e. The Labute approximate surface area is 94.6 Å². The van der Waals surface area contributed by atoms with E-state index in [0.29, 0.717) is 0 Å². The van der Waals surface area contributed by atoms with Gasteiger partial charge in [-0.25, -0.2) is 4.98 Å². The number of carbonyl (C=O) groups is 2. The van der Waals surface area contributed by atoms with Crippen molar-refractivity contribution in [1.82, 2.24) is 4.98 Å². The number of aromatic nitrogens is 1. The Morgan fingerprint density at radius 3 is 2.44 bits per heavy atom. The molecule has 0 aromatic carbocycles. The minimum atomic E-state index is -0.607. The van der Waals surface area contributed by atoms with Gasteiger partial charge in [0.25, 0.3) is 0 Å². The number of nitrogens with zero attached hydrogens (tertiary/aromatic N) is 1. The van der Waals surface area contributed by atoms with E-state index in [4.69, 9.17) is 4.74 Å². The van der Waals surface area contributed by atoms with E-state index in [9.17, 15) is 9.59 Å². The van der Waals surface area contributed by atoms with E-state index in [2.05, 4.69) is 4.98 Å². The van der Waals surface area contributed by atoms with Gasteiger partial charge in [-0.2, -0.15) is 0 Å². The minimum absolute atomic E-state index is 0.181. The van der Waals surface area contributed by atoms with E-state index in [1.54, 1.807) is 32.9 Å². The zero-order valence-electron chi connectivity index (χ0n) is 9.90. The quantitative estimate of drug-likeness (QED) is 0.567. The molecule has 0 aliphatic carbocycles. The van der Waals surface area contributed by atoms with Crippen molar-refractivity contribution < 1.29 is 14.3 Å². The van der Waals surface area contributed by atoms with Gasteiger partial charge in [0.2, 0.25) is 0 Å². The van der Waals surface area contributed by atoms with Gasteiger partial charge in [0, 0.05) is 13.1 Å². The predicted octanol–water partition coefficient (Wildman–Crippen LogP) is 2.24. The lowest BCUT2D eigenvalue weighted by molar-refractivity contribution is -0.143. The number of hydrogen-bond acceptors (Lipinski definition) is 4. The second-order valence-corrected chi connectivity index (χ2v) is 4.55. The lowest BCUT2D eigenvalue weighted by Gasteiger charge is -2.16. The highest BCUT2D eigenvalue weighted by Gasteiger charge is 2.25. The number of ether oxygens (including phenoxy) is 1. The Balaban J connectivity index is 2.98. The molecule has 86 valence electrons. The molecule has 1 rings (SSSR count). The van der Waals surface area contributed by atoms with Crippen LogP contribution >= 0.6 is 0 Å². The number of esters is 1. The van der Waals surface area contributed by atoms with Crippen LogP contribution in [0, 0.1) is 5.41 Å². The van der Waals surface area contributed by atoms with Crippen molar-refractivity contribution in [3.05, 3.63) is 24.0 Å². The number of ketones is 1. The minimum Gasteiger partial charge on any atom is -0.424 e. The van der Waals surface area contributed by atoms with Crippen molar-refractivity contribution in [2.45, 2.75) is 27.7 Å². The molecule has 0 N–H and O–H groups in total. The fourth-order valence-electron chi connectivity index (χ4n) is 0.990. The molecule has 0 amide bonds. The number of carbonyl (C=O) groups excluding carboxylic acids is 2. The second-order valence-electron chi connectivity index (χ2n) is 4.55. The molecule has 1 aromatic rings. The van der Waals surface area contributed by atoms with Crippen molar-refractivity contribution >= 4 is 11.8 Å². The van der Waals surface area contributed by atoms with Gasteiger partial charge in [-0.05, 0) is 32.9 Å². The predicted molar refractivity (Wildman–Crippen MR) is 59.3 cm³/mol. The molecule has 0 aliphatic rings. The van der Waals surface area contributed by atoms with Crippen LogP contribution in [0.3, 0.4) is 0 Å². The summed E-state index contributed by atoms with van der Waals surface area (Å²) >= 11 is 0. The summed E-state index contributed by atoms with van der Waals surface area (Å²) in [5, 5.41) is 0. The Kier molecular flexibility index (Phi) is 3.42. The van der Waals surface area contributed by atoms with Crippen LogP contribution in [0.15, 0.2) is 18.3 Å². The highest BCUT2D eigenvalue weighted by molar-refractivity contribution is 5.95. The average Bonchev–Trinajstić information content (AvgIpc) is 2.16. The Morgan fingerprint density at radius 1 is 1.31 bits per heavy atom. The first-order valence-electron chi connectivity index (χ1n) is 5.00. The van der Waals surface area contributed by atoms with Gasteiger partial charge in [0.1, 0.15) is 5.69 Å². The van der Waals surface area contributed by atoms with Gasteiger partial charge in [0.05, 0.1) is 5.41 Å². The van der Waals surface area contributed by atoms with Crippen molar-refractivity contribution in [3.8, 4) is 5.75 Å². The van der Waals surface area contributed by atoms with Gasteiger partial charge >= 0.3 is 5.97 Å². The Bertz CT molecular complexity index is 419. The average molecular weight is 221 g/mol. The summed E-state index contributed by atoms with van der Waals surface area (Å²) in [5.74, 6) is -0.393. The van der Waals surface area contributed by atoms with Gasteiger partial charge in [-0.15, -0.1) is 0 Å². The van der Waals surface area contributed by atoms with E-state index < -0.39 is 5.41 Å². The van der Waals surface area contributed by atoms with Crippen LogP contribution in [0.4, 0.5) is 0 Å². The summed E-state index contributed by atoms with van der Waals surface area (Å²) in [6, 6.07) is 3.19. The monoisotopic (exact) mass is 221 g/mol. The Morgan fingerprint density at radius 2 is 1.94 bits per heavy atom. The maximum Gasteiger partial charge on any atom is 0.316 e. The first-order valence-corrected chi connectivity index (χ1v) is 5.00. The van der Waals surface area contributed by atoms with Crippen molar-refractivity contribution in [1.29, 1.82) is 0 Å². The van der Waals surface area contributed by atoms with Crippen LogP contribution in [0.1, 0.15) is 38.2 Å². The summed E-state index contributed by atoms with van der Waals surface area (Å²) in [6.45, 7) is 6.63. The molecule has 0 fully saturated rings. The van der Waals surface area contributed by atoms with Gasteiger partial charge in [0.15, 0.2) is 11.5 Å². The van der Waals surface area contributed by atoms with Crippen molar-refractivity contribution in [3.63, 3.8) is 0 Å². The number of hydrogen-bond donors (Lipinski definition) is 0. The lowest BCUT2D eigenvalue weighted by Crippen LogP contribution is -2.26. The third-order valence-electron chi connectivity index (χ3n) is 1.92. The molecule has 16 heavy (non-hydrogen) atoms. The highest BCUT2D eigenvalue weighted by atomic mass is 16.5. The molecule has 4 heteroatoms. The van der Waals surface area contributed by atoms with Crippen LogP contribution in [-0.4, -0.2) is 16.7 Å². The van der Waals surface area contributed by atoms with Gasteiger partial charge in [-0.3, -0.25) is 9.59 Å². The van der Waals surface area contributed by atoms with Crippen LogP contribution in [-0.2, 0) is 4.79 Å². The molecule has 0 bridgehead atoms. The molecule has 0 spiro atoms. The standard InChI is InChI=1S/C12H15NO3/c1-8(14)10-9(6-5-7-13-10)16-11(15)12(2,3)4/h5-7H,1-4H3. The maximum atomic E-state index is 11.6. The molecular weight excluding hydrogens is 206 g/mol. The molecule has 0 radical (unpaired) electrons. The summed E-state index contributed by atoms with van der Waals surface area (Å²) in [4.78, 5) is 26.8. The SMILES string of the molecule is CC(=O)c1ncccc1OC(=O)C(C)(C)C. The van der Waals surface area contributed by atoms with E-state index in [1.807, 2.05) is 0 Å². The zero-order chi connectivity index (χ0) is 12.3. The third kappa shape index (κ3) is 2.89. The van der Waals surface area contributed by atoms with E-state index in [1.165, 1.54) is 13.1 Å². The molecule has 1 aromatic heterocycles. The largest absolute Gasteiger partial charge is 0.424 e. The first kappa shape index (κ1) is 12.4. The van der Waals surface area contributed by atoms with E-state index in [0.717, 1.165) is 0 Å². The maximum absolute atomic E-state index is 11.6. The molecule has 0 aliphatic heterocycles. The van der Waals surface area contributed by atoms with Crippen LogP contribution < -0.4 is 4.74 Å². The first-order chi connectivity index (χ1) is 7.32. The molecule has 0 atom stereocenters. The van der Waals surface area contributed by atoms with Crippen molar-refractivity contribution in [2.75, 3.05) is 0 Å². The number of rotatable bonds is 2.